The highest BCUT2D eigenvalue weighted by Gasteiger charge is 2.16. The number of hydrogen-bond donors (Lipinski definition) is 1. The van der Waals surface area contributed by atoms with Crippen molar-refractivity contribution in [1.29, 1.82) is 0 Å². The predicted octanol–water partition coefficient (Wildman–Crippen LogP) is 1.38. The third-order valence-corrected chi connectivity index (χ3v) is 4.09. The molecule has 0 aliphatic carbocycles. The van der Waals surface area contributed by atoms with E-state index in [0.29, 0.717) is 6.61 Å². The summed E-state index contributed by atoms with van der Waals surface area (Å²) in [7, 11) is 0. The largest absolute Gasteiger partial charge is 0.394 e. The van der Waals surface area contributed by atoms with Crippen LogP contribution in [0.3, 0.4) is 0 Å². The Bertz CT molecular complexity index is 386. The predicted molar refractivity (Wildman–Crippen MR) is 85.4 cm³/mol. The standard InChI is InChI=1S/C17H28N2O2/c1-2-16-3-5-17(6-4-16)15-19-9-7-18(8-10-19)11-13-21-14-12-20/h3-6,20H,2,7-15H2,1H3. The molecule has 1 fully saturated rings. The number of nitrogens with zero attached hydrogens (tertiary/aromatic N) is 2. The summed E-state index contributed by atoms with van der Waals surface area (Å²) in [5.41, 5.74) is 2.82. The zero-order valence-corrected chi connectivity index (χ0v) is 13.1. The van der Waals surface area contributed by atoms with Crippen molar-refractivity contribution in [2.75, 3.05) is 52.5 Å². The molecule has 4 nitrogen and oxygen atoms in total. The maximum atomic E-state index is 8.67. The third-order valence-electron chi connectivity index (χ3n) is 4.09. The number of ether oxygens (including phenoxy) is 1. The lowest BCUT2D eigenvalue weighted by molar-refractivity contribution is 0.0564. The number of aryl methyl sites for hydroxylation is 1. The molecule has 1 aromatic carbocycles. The first-order chi connectivity index (χ1) is 10.3. The van der Waals surface area contributed by atoms with Crippen LogP contribution in [0.5, 0.6) is 0 Å². The van der Waals surface area contributed by atoms with Crippen LogP contribution in [-0.4, -0.2) is 67.5 Å². The van der Waals surface area contributed by atoms with Crippen molar-refractivity contribution in [2.24, 2.45) is 0 Å². The Hall–Kier alpha value is -0.940. The quantitative estimate of drug-likeness (QED) is 0.734. The van der Waals surface area contributed by atoms with Gasteiger partial charge in [-0.3, -0.25) is 9.80 Å². The summed E-state index contributed by atoms with van der Waals surface area (Å²) < 4.78 is 5.32. The minimum Gasteiger partial charge on any atom is -0.394 e. The maximum Gasteiger partial charge on any atom is 0.0698 e. The van der Waals surface area contributed by atoms with Crippen molar-refractivity contribution in [2.45, 2.75) is 19.9 Å². The van der Waals surface area contributed by atoms with Gasteiger partial charge in [-0.05, 0) is 17.5 Å². The van der Waals surface area contributed by atoms with Gasteiger partial charge in [-0.2, -0.15) is 0 Å². The van der Waals surface area contributed by atoms with Crippen molar-refractivity contribution in [3.05, 3.63) is 35.4 Å². The zero-order chi connectivity index (χ0) is 14.9. The van der Waals surface area contributed by atoms with Gasteiger partial charge in [-0.25, -0.2) is 0 Å². The number of hydrogen-bond acceptors (Lipinski definition) is 4. The van der Waals surface area contributed by atoms with Crippen molar-refractivity contribution in [3.63, 3.8) is 0 Å². The molecule has 0 radical (unpaired) electrons. The molecule has 0 atom stereocenters. The second-order valence-corrected chi connectivity index (χ2v) is 5.62. The molecule has 1 aliphatic rings. The fourth-order valence-electron chi connectivity index (χ4n) is 2.67. The summed E-state index contributed by atoms with van der Waals surface area (Å²) in [5.74, 6) is 0. The lowest BCUT2D eigenvalue weighted by atomic mass is 10.1. The molecule has 4 heteroatoms. The summed E-state index contributed by atoms with van der Waals surface area (Å²) in [6.07, 6.45) is 1.11. The minimum atomic E-state index is 0.116. The van der Waals surface area contributed by atoms with E-state index in [9.17, 15) is 0 Å². The molecule has 1 aromatic rings. The minimum absolute atomic E-state index is 0.116. The third kappa shape index (κ3) is 5.75. The van der Waals surface area contributed by atoms with Crippen LogP contribution in [0.4, 0.5) is 0 Å². The maximum absolute atomic E-state index is 8.67. The molecular formula is C17H28N2O2. The van der Waals surface area contributed by atoms with Crippen LogP contribution in [0.2, 0.25) is 0 Å². The Balaban J connectivity index is 1.66. The Morgan fingerprint density at radius 1 is 0.952 bits per heavy atom. The number of rotatable bonds is 8. The van der Waals surface area contributed by atoms with E-state index in [-0.39, 0.29) is 6.61 Å². The van der Waals surface area contributed by atoms with Gasteiger partial charge < -0.3 is 9.84 Å². The van der Waals surface area contributed by atoms with Crippen LogP contribution in [0, 0.1) is 0 Å². The van der Waals surface area contributed by atoms with Gasteiger partial charge in [-0.1, -0.05) is 31.2 Å². The number of aliphatic hydroxyl groups is 1. The van der Waals surface area contributed by atoms with E-state index in [4.69, 9.17) is 9.84 Å². The Labute approximate surface area is 128 Å². The molecule has 21 heavy (non-hydrogen) atoms. The lowest BCUT2D eigenvalue weighted by Gasteiger charge is -2.34. The molecule has 1 saturated heterocycles. The van der Waals surface area contributed by atoms with E-state index in [1.54, 1.807) is 0 Å². The first-order valence-corrected chi connectivity index (χ1v) is 8.03. The van der Waals surface area contributed by atoms with Crippen LogP contribution >= 0.6 is 0 Å². The normalized spacial score (nSPS) is 17.2. The summed E-state index contributed by atoms with van der Waals surface area (Å²) in [6, 6.07) is 9.00. The molecule has 0 aromatic heterocycles. The topological polar surface area (TPSA) is 35.9 Å². The van der Waals surface area contributed by atoms with E-state index in [1.165, 1.54) is 11.1 Å². The summed E-state index contributed by atoms with van der Waals surface area (Å²) in [5, 5.41) is 8.67. The van der Waals surface area contributed by atoms with E-state index >= 15 is 0 Å². The van der Waals surface area contributed by atoms with E-state index in [2.05, 4.69) is 41.0 Å². The highest BCUT2D eigenvalue weighted by Crippen LogP contribution is 2.10. The molecular weight excluding hydrogens is 264 g/mol. The first-order valence-electron chi connectivity index (χ1n) is 8.03. The molecule has 118 valence electrons. The average molecular weight is 292 g/mol. The van der Waals surface area contributed by atoms with Gasteiger partial charge in [0.25, 0.3) is 0 Å². The molecule has 0 bridgehead atoms. The smallest absolute Gasteiger partial charge is 0.0698 e. The second kappa shape index (κ2) is 9.15. The van der Waals surface area contributed by atoms with Crippen LogP contribution < -0.4 is 0 Å². The summed E-state index contributed by atoms with van der Waals surface area (Å²) >= 11 is 0. The molecule has 0 saturated carbocycles. The van der Waals surface area contributed by atoms with Crippen LogP contribution in [-0.2, 0) is 17.7 Å². The van der Waals surface area contributed by atoms with E-state index < -0.39 is 0 Å². The second-order valence-electron chi connectivity index (χ2n) is 5.62. The van der Waals surface area contributed by atoms with Crippen LogP contribution in [0.15, 0.2) is 24.3 Å². The molecule has 2 rings (SSSR count). The fraction of sp³-hybridized carbons (Fsp3) is 0.647. The Morgan fingerprint density at radius 2 is 1.57 bits per heavy atom. The SMILES string of the molecule is CCc1ccc(CN2CCN(CCOCCO)CC2)cc1. The number of aliphatic hydroxyl groups excluding tert-OH is 1. The van der Waals surface area contributed by atoms with Crippen molar-refractivity contribution >= 4 is 0 Å². The molecule has 1 heterocycles. The highest BCUT2D eigenvalue weighted by atomic mass is 16.5. The van der Waals surface area contributed by atoms with Gasteiger partial charge in [0, 0.05) is 39.3 Å². The van der Waals surface area contributed by atoms with Crippen molar-refractivity contribution in [1.82, 2.24) is 9.80 Å². The molecule has 0 amide bonds. The van der Waals surface area contributed by atoms with Gasteiger partial charge >= 0.3 is 0 Å². The van der Waals surface area contributed by atoms with E-state index in [0.717, 1.165) is 52.3 Å². The van der Waals surface area contributed by atoms with E-state index in [1.807, 2.05) is 0 Å². The molecule has 0 spiro atoms. The van der Waals surface area contributed by atoms with Gasteiger partial charge in [0.15, 0.2) is 0 Å². The lowest BCUT2D eigenvalue weighted by Crippen LogP contribution is -2.46. The molecule has 1 N–H and O–H groups in total. The van der Waals surface area contributed by atoms with Crippen LogP contribution in [0.1, 0.15) is 18.1 Å². The van der Waals surface area contributed by atoms with Crippen LogP contribution in [0.25, 0.3) is 0 Å². The molecule has 0 unspecified atom stereocenters. The van der Waals surface area contributed by atoms with Gasteiger partial charge in [0.05, 0.1) is 19.8 Å². The van der Waals surface area contributed by atoms with Gasteiger partial charge in [-0.15, -0.1) is 0 Å². The number of benzene rings is 1. The highest BCUT2D eigenvalue weighted by molar-refractivity contribution is 5.22. The fourth-order valence-corrected chi connectivity index (χ4v) is 2.67. The Morgan fingerprint density at radius 3 is 2.19 bits per heavy atom. The molecule has 1 aliphatic heterocycles. The van der Waals surface area contributed by atoms with Crippen molar-refractivity contribution in [3.8, 4) is 0 Å². The monoisotopic (exact) mass is 292 g/mol. The Kier molecular flexibility index (Phi) is 7.16. The first kappa shape index (κ1) is 16.4. The van der Waals surface area contributed by atoms with Gasteiger partial charge in [0.2, 0.25) is 0 Å². The number of piperazine rings is 1. The average Bonchev–Trinajstić information content (AvgIpc) is 2.54. The van der Waals surface area contributed by atoms with Crippen molar-refractivity contribution < 1.29 is 9.84 Å². The van der Waals surface area contributed by atoms with Gasteiger partial charge in [0.1, 0.15) is 0 Å². The zero-order valence-electron chi connectivity index (χ0n) is 13.1. The summed E-state index contributed by atoms with van der Waals surface area (Å²) in [6.45, 7) is 9.96. The summed E-state index contributed by atoms with van der Waals surface area (Å²) in [4.78, 5) is 4.96.